The van der Waals surface area contributed by atoms with Gasteiger partial charge in [0.1, 0.15) is 5.82 Å². The van der Waals surface area contributed by atoms with Gasteiger partial charge in [-0.15, -0.1) is 0 Å². The van der Waals surface area contributed by atoms with Gasteiger partial charge in [0, 0.05) is 24.2 Å². The lowest BCUT2D eigenvalue weighted by molar-refractivity contribution is 0.0586. The number of carbonyl (C=O) groups excluding carboxylic acids is 1. The van der Waals surface area contributed by atoms with Crippen molar-refractivity contribution >= 4 is 11.8 Å². The summed E-state index contributed by atoms with van der Waals surface area (Å²) in [6.45, 7) is 2.75. The van der Waals surface area contributed by atoms with Gasteiger partial charge in [-0.25, -0.2) is 14.8 Å². The van der Waals surface area contributed by atoms with Crippen LogP contribution >= 0.6 is 0 Å². The summed E-state index contributed by atoms with van der Waals surface area (Å²) in [5.74, 6) is 0.841. The van der Waals surface area contributed by atoms with E-state index in [0.29, 0.717) is 11.7 Å². The van der Waals surface area contributed by atoms with E-state index in [0.717, 1.165) is 25.1 Å². The summed E-state index contributed by atoms with van der Waals surface area (Å²) in [6, 6.07) is 1.91. The zero-order valence-electron chi connectivity index (χ0n) is 9.49. The van der Waals surface area contributed by atoms with Crippen molar-refractivity contribution in [3.05, 3.63) is 17.6 Å². The minimum Gasteiger partial charge on any atom is -0.463 e. The predicted octanol–water partition coefficient (Wildman–Crippen LogP) is 1.57. The number of anilines is 1. The standard InChI is InChI=1S/C11H15N3O2/c1-3-12-9-6-8(7-4-5-7)13-10(14-9)11(15)16-2/h6-7H,3-5H2,1-2H3,(H,12,13,14). The summed E-state index contributed by atoms with van der Waals surface area (Å²) >= 11 is 0. The highest BCUT2D eigenvalue weighted by Crippen LogP contribution is 2.39. The second-order valence-electron chi connectivity index (χ2n) is 3.80. The van der Waals surface area contributed by atoms with Crippen LogP contribution in [0.15, 0.2) is 6.07 Å². The lowest BCUT2D eigenvalue weighted by Gasteiger charge is -2.06. The summed E-state index contributed by atoms with van der Waals surface area (Å²) in [5, 5.41) is 3.09. The Labute approximate surface area is 94.2 Å². The van der Waals surface area contributed by atoms with Gasteiger partial charge in [-0.1, -0.05) is 0 Å². The SMILES string of the molecule is CCNc1cc(C2CC2)nc(C(=O)OC)n1. The van der Waals surface area contributed by atoms with Gasteiger partial charge < -0.3 is 10.1 Å². The number of hydrogen-bond acceptors (Lipinski definition) is 5. The van der Waals surface area contributed by atoms with Crippen LogP contribution in [0.2, 0.25) is 0 Å². The van der Waals surface area contributed by atoms with Gasteiger partial charge in [0.25, 0.3) is 0 Å². The Kier molecular flexibility index (Phi) is 3.03. The number of carbonyl (C=O) groups is 1. The number of rotatable bonds is 4. The van der Waals surface area contributed by atoms with Gasteiger partial charge in [-0.2, -0.15) is 0 Å². The second kappa shape index (κ2) is 4.47. The van der Waals surface area contributed by atoms with E-state index in [9.17, 15) is 4.79 Å². The van der Waals surface area contributed by atoms with Gasteiger partial charge in [0.2, 0.25) is 5.82 Å². The third-order valence-corrected chi connectivity index (χ3v) is 2.47. The Bertz CT molecular complexity index is 402. The fourth-order valence-electron chi connectivity index (χ4n) is 1.51. The van der Waals surface area contributed by atoms with Gasteiger partial charge in [-0.05, 0) is 19.8 Å². The maximum Gasteiger partial charge on any atom is 0.376 e. The third kappa shape index (κ3) is 2.29. The van der Waals surface area contributed by atoms with Crippen LogP contribution < -0.4 is 5.32 Å². The van der Waals surface area contributed by atoms with Crippen molar-refractivity contribution in [1.82, 2.24) is 9.97 Å². The van der Waals surface area contributed by atoms with E-state index >= 15 is 0 Å². The highest BCUT2D eigenvalue weighted by atomic mass is 16.5. The average molecular weight is 221 g/mol. The molecule has 5 heteroatoms. The molecule has 1 heterocycles. The zero-order valence-corrected chi connectivity index (χ0v) is 9.49. The number of esters is 1. The van der Waals surface area contributed by atoms with E-state index in [1.807, 2.05) is 13.0 Å². The van der Waals surface area contributed by atoms with E-state index in [1.54, 1.807) is 0 Å². The van der Waals surface area contributed by atoms with E-state index in [4.69, 9.17) is 0 Å². The molecule has 1 N–H and O–H groups in total. The van der Waals surface area contributed by atoms with Crippen LogP contribution in [-0.4, -0.2) is 29.6 Å². The minimum atomic E-state index is -0.485. The van der Waals surface area contributed by atoms with Crippen LogP contribution in [0.1, 0.15) is 42.0 Å². The largest absolute Gasteiger partial charge is 0.463 e. The first kappa shape index (κ1) is 10.9. The molecule has 86 valence electrons. The zero-order chi connectivity index (χ0) is 11.5. The first-order valence-corrected chi connectivity index (χ1v) is 5.45. The molecule has 1 aromatic heterocycles. The Morgan fingerprint density at radius 2 is 2.31 bits per heavy atom. The molecule has 1 saturated carbocycles. The summed E-state index contributed by atoms with van der Waals surface area (Å²) in [6.07, 6.45) is 2.28. The van der Waals surface area contributed by atoms with Crippen molar-refractivity contribution < 1.29 is 9.53 Å². The Morgan fingerprint density at radius 3 is 2.88 bits per heavy atom. The molecule has 0 atom stereocenters. The van der Waals surface area contributed by atoms with Crippen LogP contribution in [0.5, 0.6) is 0 Å². The smallest absolute Gasteiger partial charge is 0.376 e. The van der Waals surface area contributed by atoms with Crippen LogP contribution in [-0.2, 0) is 4.74 Å². The Balaban J connectivity index is 2.32. The van der Waals surface area contributed by atoms with Crippen molar-refractivity contribution in [1.29, 1.82) is 0 Å². The molecule has 0 aromatic carbocycles. The van der Waals surface area contributed by atoms with Crippen molar-refractivity contribution in [2.45, 2.75) is 25.7 Å². The van der Waals surface area contributed by atoms with Crippen LogP contribution in [0.3, 0.4) is 0 Å². The summed E-state index contributed by atoms with van der Waals surface area (Å²) in [7, 11) is 1.34. The minimum absolute atomic E-state index is 0.142. The number of nitrogens with one attached hydrogen (secondary N) is 1. The average Bonchev–Trinajstić information content (AvgIpc) is 3.12. The van der Waals surface area contributed by atoms with E-state index in [-0.39, 0.29) is 5.82 Å². The summed E-state index contributed by atoms with van der Waals surface area (Å²) in [5.41, 5.74) is 0.936. The number of ether oxygens (including phenoxy) is 1. The molecule has 1 fully saturated rings. The van der Waals surface area contributed by atoms with Crippen molar-refractivity contribution in [3.8, 4) is 0 Å². The second-order valence-corrected chi connectivity index (χ2v) is 3.80. The molecule has 0 bridgehead atoms. The maximum atomic E-state index is 11.4. The lowest BCUT2D eigenvalue weighted by atomic mass is 10.2. The molecule has 2 rings (SSSR count). The quantitative estimate of drug-likeness (QED) is 0.782. The molecule has 0 radical (unpaired) electrons. The summed E-state index contributed by atoms with van der Waals surface area (Å²) in [4.78, 5) is 19.7. The fraction of sp³-hybridized carbons (Fsp3) is 0.545. The van der Waals surface area contributed by atoms with Crippen LogP contribution in [0, 0.1) is 0 Å². The van der Waals surface area contributed by atoms with Gasteiger partial charge in [0.15, 0.2) is 0 Å². The lowest BCUT2D eigenvalue weighted by Crippen LogP contribution is -2.11. The van der Waals surface area contributed by atoms with E-state index < -0.39 is 5.97 Å². The molecule has 0 saturated heterocycles. The molecule has 1 aromatic rings. The van der Waals surface area contributed by atoms with Crippen molar-refractivity contribution in [2.75, 3.05) is 19.0 Å². The van der Waals surface area contributed by atoms with Crippen molar-refractivity contribution in [2.24, 2.45) is 0 Å². The molecule has 1 aliphatic rings. The van der Waals surface area contributed by atoms with E-state index in [2.05, 4.69) is 20.0 Å². The fourth-order valence-corrected chi connectivity index (χ4v) is 1.51. The van der Waals surface area contributed by atoms with Crippen molar-refractivity contribution in [3.63, 3.8) is 0 Å². The number of methoxy groups -OCH3 is 1. The van der Waals surface area contributed by atoms with Crippen LogP contribution in [0.4, 0.5) is 5.82 Å². The molecular formula is C11H15N3O2. The molecule has 5 nitrogen and oxygen atoms in total. The first-order valence-electron chi connectivity index (χ1n) is 5.45. The van der Waals surface area contributed by atoms with Gasteiger partial charge in [-0.3, -0.25) is 0 Å². The molecule has 16 heavy (non-hydrogen) atoms. The van der Waals surface area contributed by atoms with Gasteiger partial charge >= 0.3 is 5.97 Å². The molecule has 0 aliphatic heterocycles. The topological polar surface area (TPSA) is 64.1 Å². The Hall–Kier alpha value is -1.65. The monoisotopic (exact) mass is 221 g/mol. The Morgan fingerprint density at radius 1 is 1.56 bits per heavy atom. The first-order chi connectivity index (χ1) is 7.74. The molecule has 1 aliphatic carbocycles. The number of aromatic nitrogens is 2. The number of nitrogens with zero attached hydrogens (tertiary/aromatic N) is 2. The number of hydrogen-bond donors (Lipinski definition) is 1. The third-order valence-electron chi connectivity index (χ3n) is 2.47. The highest BCUT2D eigenvalue weighted by molar-refractivity contribution is 5.85. The molecular weight excluding hydrogens is 206 g/mol. The molecule has 0 unspecified atom stereocenters. The molecule has 0 spiro atoms. The molecule has 0 amide bonds. The van der Waals surface area contributed by atoms with Gasteiger partial charge in [0.05, 0.1) is 7.11 Å². The van der Waals surface area contributed by atoms with E-state index in [1.165, 1.54) is 7.11 Å². The normalized spacial score (nSPS) is 14.6. The maximum absolute atomic E-state index is 11.4. The summed E-state index contributed by atoms with van der Waals surface area (Å²) < 4.78 is 4.63. The highest BCUT2D eigenvalue weighted by Gasteiger charge is 2.27. The van der Waals surface area contributed by atoms with Crippen LogP contribution in [0.25, 0.3) is 0 Å². The predicted molar refractivity (Wildman–Crippen MR) is 59.5 cm³/mol.